The van der Waals surface area contributed by atoms with Gasteiger partial charge in [0.2, 0.25) is 0 Å². The quantitative estimate of drug-likeness (QED) is 0.864. The summed E-state index contributed by atoms with van der Waals surface area (Å²) in [5, 5.41) is 11.0. The lowest BCUT2D eigenvalue weighted by Crippen LogP contribution is -2.25. The molecule has 2 aromatic rings. The van der Waals surface area contributed by atoms with Gasteiger partial charge in [0.05, 0.1) is 23.2 Å². The molecule has 2 N–H and O–H groups in total. The topological polar surface area (TPSA) is 74.8 Å². The van der Waals surface area contributed by atoms with Crippen molar-refractivity contribution in [3.8, 4) is 0 Å². The Hall–Kier alpha value is -1.56. The molecule has 0 saturated carbocycles. The maximum absolute atomic E-state index is 11.2. The molecule has 5 nitrogen and oxygen atoms in total. The van der Waals surface area contributed by atoms with E-state index in [1.54, 1.807) is 6.20 Å². The van der Waals surface area contributed by atoms with Gasteiger partial charge >= 0.3 is 0 Å². The zero-order valence-corrected chi connectivity index (χ0v) is 10.6. The summed E-state index contributed by atoms with van der Waals surface area (Å²) in [6.45, 7) is 1.84. The smallest absolute Gasteiger partial charge is 0.149 e. The highest BCUT2D eigenvalue weighted by molar-refractivity contribution is 7.90. The van der Waals surface area contributed by atoms with Crippen molar-refractivity contribution in [1.82, 2.24) is 10.2 Å². The number of H-pyrrole nitrogens is 1. The van der Waals surface area contributed by atoms with Crippen molar-refractivity contribution in [1.29, 1.82) is 0 Å². The molecular formula is C11H15N3O2S. The molecule has 1 aromatic carbocycles. The van der Waals surface area contributed by atoms with Gasteiger partial charge in [-0.2, -0.15) is 5.10 Å². The number of hydrogen-bond donors (Lipinski definition) is 2. The summed E-state index contributed by atoms with van der Waals surface area (Å²) in [6.07, 6.45) is 2.98. The van der Waals surface area contributed by atoms with Gasteiger partial charge in [-0.3, -0.25) is 5.10 Å². The Kier molecular flexibility index (Phi) is 3.06. The van der Waals surface area contributed by atoms with E-state index in [0.29, 0.717) is 0 Å². The Morgan fingerprint density at radius 3 is 2.94 bits per heavy atom. The van der Waals surface area contributed by atoms with E-state index < -0.39 is 9.84 Å². The van der Waals surface area contributed by atoms with E-state index in [4.69, 9.17) is 0 Å². The van der Waals surface area contributed by atoms with Gasteiger partial charge in [0.25, 0.3) is 0 Å². The van der Waals surface area contributed by atoms with Crippen LogP contribution >= 0.6 is 0 Å². The highest BCUT2D eigenvalue weighted by atomic mass is 32.2. The molecule has 2 rings (SSSR count). The van der Waals surface area contributed by atoms with Gasteiger partial charge in [-0.05, 0) is 13.0 Å². The van der Waals surface area contributed by atoms with Gasteiger partial charge in [-0.1, -0.05) is 12.1 Å². The van der Waals surface area contributed by atoms with Gasteiger partial charge in [0, 0.05) is 17.7 Å². The Bertz CT molecular complexity index is 618. The molecular weight excluding hydrogens is 238 g/mol. The lowest BCUT2D eigenvalue weighted by molar-refractivity contribution is 0.598. The molecule has 0 aliphatic carbocycles. The maximum Gasteiger partial charge on any atom is 0.149 e. The van der Waals surface area contributed by atoms with Crippen LogP contribution in [0.2, 0.25) is 0 Å². The van der Waals surface area contributed by atoms with Crippen molar-refractivity contribution in [2.45, 2.75) is 13.0 Å². The number of fused-ring (bicyclic) bond motifs is 1. The lowest BCUT2D eigenvalue weighted by atomic mass is 10.2. The number of aromatic amines is 1. The predicted octanol–water partition coefficient (Wildman–Crippen LogP) is 1.41. The predicted molar refractivity (Wildman–Crippen MR) is 68.9 cm³/mol. The number of para-hydroxylation sites is 1. The van der Waals surface area contributed by atoms with Crippen molar-refractivity contribution in [3.63, 3.8) is 0 Å². The zero-order valence-electron chi connectivity index (χ0n) is 9.77. The number of aromatic nitrogens is 2. The zero-order chi connectivity index (χ0) is 12.5. The molecule has 1 atom stereocenters. The molecule has 17 heavy (non-hydrogen) atoms. The van der Waals surface area contributed by atoms with Gasteiger partial charge in [0.15, 0.2) is 0 Å². The first-order valence-electron chi connectivity index (χ1n) is 5.32. The molecule has 1 heterocycles. The number of rotatable bonds is 4. The van der Waals surface area contributed by atoms with Crippen molar-refractivity contribution in [3.05, 3.63) is 24.4 Å². The monoisotopic (exact) mass is 253 g/mol. The van der Waals surface area contributed by atoms with Crippen LogP contribution in [0.5, 0.6) is 0 Å². The Labute approximate surface area is 100 Å². The van der Waals surface area contributed by atoms with Crippen LogP contribution in [0, 0.1) is 0 Å². The molecule has 0 aliphatic rings. The summed E-state index contributed by atoms with van der Waals surface area (Å²) in [6, 6.07) is 5.62. The fourth-order valence-electron chi connectivity index (χ4n) is 1.85. The summed E-state index contributed by atoms with van der Waals surface area (Å²) >= 11 is 0. The summed E-state index contributed by atoms with van der Waals surface area (Å²) in [5.74, 6) is 0.109. The molecule has 0 spiro atoms. The molecule has 0 bridgehead atoms. The van der Waals surface area contributed by atoms with Crippen LogP contribution in [-0.4, -0.2) is 36.7 Å². The van der Waals surface area contributed by atoms with E-state index in [0.717, 1.165) is 16.6 Å². The standard InChI is InChI=1S/C11H15N3O2S/c1-8(7-17(2,15)16)13-10-5-3-4-9-6-12-14-11(9)10/h3-6,8,13H,7H2,1-2H3,(H,12,14). The van der Waals surface area contributed by atoms with Crippen LogP contribution in [0.25, 0.3) is 10.9 Å². The van der Waals surface area contributed by atoms with Crippen molar-refractivity contribution < 1.29 is 8.42 Å². The van der Waals surface area contributed by atoms with Crippen LogP contribution in [0.3, 0.4) is 0 Å². The summed E-state index contributed by atoms with van der Waals surface area (Å²) in [5.41, 5.74) is 1.77. The van der Waals surface area contributed by atoms with E-state index >= 15 is 0 Å². The highest BCUT2D eigenvalue weighted by Gasteiger charge is 2.11. The van der Waals surface area contributed by atoms with Gasteiger partial charge in [-0.25, -0.2) is 8.42 Å². The minimum Gasteiger partial charge on any atom is -0.380 e. The van der Waals surface area contributed by atoms with Crippen molar-refractivity contribution in [2.75, 3.05) is 17.3 Å². The second kappa shape index (κ2) is 4.37. The van der Waals surface area contributed by atoms with Crippen molar-refractivity contribution in [2.24, 2.45) is 0 Å². The summed E-state index contributed by atoms with van der Waals surface area (Å²) in [7, 11) is -2.97. The van der Waals surface area contributed by atoms with Crippen molar-refractivity contribution >= 4 is 26.4 Å². The molecule has 0 aliphatic heterocycles. The molecule has 0 saturated heterocycles. The minimum atomic E-state index is -2.97. The molecule has 1 unspecified atom stereocenters. The Morgan fingerprint density at radius 1 is 1.47 bits per heavy atom. The number of nitrogens with zero attached hydrogens (tertiary/aromatic N) is 1. The molecule has 6 heteroatoms. The molecule has 0 amide bonds. The fraction of sp³-hybridized carbons (Fsp3) is 0.364. The average molecular weight is 253 g/mol. The van der Waals surface area contributed by atoms with E-state index in [1.807, 2.05) is 25.1 Å². The van der Waals surface area contributed by atoms with Gasteiger partial charge in [-0.15, -0.1) is 0 Å². The second-order valence-corrected chi connectivity index (χ2v) is 6.46. The van der Waals surface area contributed by atoms with E-state index in [2.05, 4.69) is 15.5 Å². The second-order valence-electron chi connectivity index (χ2n) is 4.28. The van der Waals surface area contributed by atoms with Crippen LogP contribution < -0.4 is 5.32 Å². The first-order valence-corrected chi connectivity index (χ1v) is 7.38. The Morgan fingerprint density at radius 2 is 2.24 bits per heavy atom. The summed E-state index contributed by atoms with van der Waals surface area (Å²) in [4.78, 5) is 0. The highest BCUT2D eigenvalue weighted by Crippen LogP contribution is 2.21. The molecule has 1 aromatic heterocycles. The van der Waals surface area contributed by atoms with Crippen LogP contribution in [0.1, 0.15) is 6.92 Å². The van der Waals surface area contributed by atoms with E-state index in [9.17, 15) is 8.42 Å². The maximum atomic E-state index is 11.2. The first-order chi connectivity index (χ1) is 7.96. The number of benzene rings is 1. The van der Waals surface area contributed by atoms with Gasteiger partial charge in [0.1, 0.15) is 9.84 Å². The van der Waals surface area contributed by atoms with Gasteiger partial charge < -0.3 is 5.32 Å². The summed E-state index contributed by atoms with van der Waals surface area (Å²) < 4.78 is 22.4. The normalized spacial score (nSPS) is 13.8. The largest absolute Gasteiger partial charge is 0.380 e. The third-order valence-electron chi connectivity index (χ3n) is 2.43. The number of hydrogen-bond acceptors (Lipinski definition) is 4. The molecule has 0 fully saturated rings. The van der Waals surface area contributed by atoms with E-state index in [1.165, 1.54) is 6.26 Å². The van der Waals surface area contributed by atoms with Crippen LogP contribution in [-0.2, 0) is 9.84 Å². The molecule has 0 radical (unpaired) electrons. The van der Waals surface area contributed by atoms with E-state index in [-0.39, 0.29) is 11.8 Å². The first kappa shape index (κ1) is 11.9. The van der Waals surface area contributed by atoms with Crippen LogP contribution in [0.4, 0.5) is 5.69 Å². The minimum absolute atomic E-state index is 0.109. The Balaban J connectivity index is 2.21. The SMILES string of the molecule is CC(CS(C)(=O)=O)Nc1cccc2cn[nH]c12. The number of sulfone groups is 1. The third kappa shape index (κ3) is 2.97. The average Bonchev–Trinajstić information content (AvgIpc) is 2.63. The molecule has 92 valence electrons. The lowest BCUT2D eigenvalue weighted by Gasteiger charge is -2.14. The number of nitrogens with one attached hydrogen (secondary N) is 2. The number of anilines is 1. The fourth-order valence-corrected chi connectivity index (χ4v) is 2.84. The van der Waals surface area contributed by atoms with Crippen LogP contribution in [0.15, 0.2) is 24.4 Å². The third-order valence-corrected chi connectivity index (χ3v) is 3.54.